The zero-order chi connectivity index (χ0) is 28.0. The molecule has 0 radical (unpaired) electrons. The van der Waals surface area contributed by atoms with Crippen molar-refractivity contribution in [1.29, 1.82) is 0 Å². The van der Waals surface area contributed by atoms with Crippen LogP contribution >= 0.6 is 0 Å². The van der Waals surface area contributed by atoms with E-state index in [-0.39, 0.29) is 30.6 Å². The van der Waals surface area contributed by atoms with Gasteiger partial charge in [-0.05, 0) is 56.2 Å². The van der Waals surface area contributed by atoms with Crippen molar-refractivity contribution in [3.63, 3.8) is 0 Å². The van der Waals surface area contributed by atoms with Crippen LogP contribution in [0.25, 0.3) is 11.1 Å². The molecular weight excluding hydrogens is 486 g/mol. The van der Waals surface area contributed by atoms with Crippen LogP contribution in [0.5, 0.6) is 0 Å². The van der Waals surface area contributed by atoms with E-state index in [1.807, 2.05) is 20.8 Å². The number of carbonyl (C=O) groups is 2. The molecule has 0 amide bonds. The number of aliphatic hydroxyl groups is 3. The van der Waals surface area contributed by atoms with Crippen molar-refractivity contribution in [3.8, 4) is 0 Å². The number of allylic oxidation sites excluding steroid dienone is 1. The molecule has 1 aromatic carbocycles. The third-order valence-corrected chi connectivity index (χ3v) is 7.91. The largest absolute Gasteiger partial charge is 0.457 e. The molecule has 3 N–H and O–H groups in total. The SMILES string of the molecule is CCC[C@H]1C(=O)C(C)(C)[C@@H](O)CC(=O)O[C@H](c2ccc3oc(CO)nc3c2)C/C=C(/C)CCC[C@H](C)[C@@H]1O. The van der Waals surface area contributed by atoms with Gasteiger partial charge in [-0.15, -0.1) is 0 Å². The molecule has 210 valence electrons. The number of hydrogen-bond acceptors (Lipinski definition) is 8. The fourth-order valence-corrected chi connectivity index (χ4v) is 5.22. The summed E-state index contributed by atoms with van der Waals surface area (Å²) in [6.45, 7) is 8.94. The van der Waals surface area contributed by atoms with Crippen LogP contribution in [0.4, 0.5) is 0 Å². The van der Waals surface area contributed by atoms with E-state index in [2.05, 4.69) is 11.1 Å². The number of benzene rings is 1. The first kappa shape index (κ1) is 30.0. The van der Waals surface area contributed by atoms with E-state index in [9.17, 15) is 24.9 Å². The Morgan fingerprint density at radius 1 is 1.18 bits per heavy atom. The number of esters is 1. The van der Waals surface area contributed by atoms with Crippen LogP contribution in [-0.4, -0.2) is 44.3 Å². The second kappa shape index (κ2) is 13.0. The molecule has 0 aliphatic carbocycles. The highest BCUT2D eigenvalue weighted by Crippen LogP contribution is 2.35. The second-order valence-electron chi connectivity index (χ2n) is 11.3. The third-order valence-electron chi connectivity index (χ3n) is 7.91. The number of nitrogens with zero attached hydrogens (tertiary/aromatic N) is 1. The van der Waals surface area contributed by atoms with Crippen molar-refractivity contribution in [2.45, 2.75) is 104 Å². The normalized spacial score (nSPS) is 29.6. The molecule has 1 aliphatic heterocycles. The molecule has 8 nitrogen and oxygen atoms in total. The van der Waals surface area contributed by atoms with Gasteiger partial charge in [-0.1, -0.05) is 51.8 Å². The van der Waals surface area contributed by atoms with Crippen molar-refractivity contribution >= 4 is 22.9 Å². The van der Waals surface area contributed by atoms with Crippen molar-refractivity contribution in [1.82, 2.24) is 4.98 Å². The molecule has 3 rings (SSSR count). The van der Waals surface area contributed by atoms with Crippen LogP contribution < -0.4 is 0 Å². The Kier molecular flexibility index (Phi) is 10.3. The summed E-state index contributed by atoms with van der Waals surface area (Å²) in [4.78, 5) is 30.9. The van der Waals surface area contributed by atoms with Crippen LogP contribution in [0, 0.1) is 17.3 Å². The third kappa shape index (κ3) is 7.10. The van der Waals surface area contributed by atoms with Gasteiger partial charge in [-0.3, -0.25) is 9.59 Å². The van der Waals surface area contributed by atoms with Crippen molar-refractivity contribution in [2.75, 3.05) is 0 Å². The Morgan fingerprint density at radius 3 is 2.61 bits per heavy atom. The summed E-state index contributed by atoms with van der Waals surface area (Å²) in [5.74, 6) is -1.31. The first-order valence-electron chi connectivity index (χ1n) is 13.7. The minimum absolute atomic E-state index is 0.0696. The lowest BCUT2D eigenvalue weighted by Gasteiger charge is -2.36. The summed E-state index contributed by atoms with van der Waals surface area (Å²) < 4.78 is 11.3. The van der Waals surface area contributed by atoms with Gasteiger partial charge in [0.05, 0.1) is 24.0 Å². The van der Waals surface area contributed by atoms with E-state index in [1.165, 1.54) is 0 Å². The van der Waals surface area contributed by atoms with E-state index in [0.717, 1.165) is 36.8 Å². The maximum atomic E-state index is 13.6. The van der Waals surface area contributed by atoms with Gasteiger partial charge in [0.15, 0.2) is 5.58 Å². The lowest BCUT2D eigenvalue weighted by atomic mass is 9.71. The standard InChI is InChI=1S/C30H43NO7/c1-6-8-21-28(35)19(3)10-7-9-18(2)11-13-23(38-27(34)16-25(33)30(4,5)29(21)36)20-12-14-24-22(15-20)31-26(17-32)37-24/h11-12,14-15,19,21,23,25,28,32-33,35H,6-10,13,16-17H2,1-5H3/b18-11-/t19-,21+,23-,25-,28-/m0/s1. The van der Waals surface area contributed by atoms with E-state index in [1.54, 1.807) is 32.0 Å². The first-order valence-corrected chi connectivity index (χ1v) is 13.7. The Morgan fingerprint density at radius 2 is 1.92 bits per heavy atom. The smallest absolute Gasteiger partial charge is 0.309 e. The average molecular weight is 530 g/mol. The van der Waals surface area contributed by atoms with Crippen LogP contribution in [-0.2, 0) is 20.9 Å². The monoisotopic (exact) mass is 529 g/mol. The van der Waals surface area contributed by atoms with Gasteiger partial charge in [-0.2, -0.15) is 0 Å². The van der Waals surface area contributed by atoms with Gasteiger partial charge in [0.25, 0.3) is 0 Å². The molecule has 1 aromatic heterocycles. The molecule has 0 saturated carbocycles. The van der Waals surface area contributed by atoms with Crippen LogP contribution in [0.3, 0.4) is 0 Å². The quantitative estimate of drug-likeness (QED) is 0.365. The van der Waals surface area contributed by atoms with E-state index < -0.39 is 35.6 Å². The summed E-state index contributed by atoms with van der Waals surface area (Å²) in [7, 11) is 0. The molecule has 2 heterocycles. The van der Waals surface area contributed by atoms with Crippen LogP contribution in [0.1, 0.15) is 97.1 Å². The molecule has 0 bridgehead atoms. The number of Topliss-reactive ketones (excluding diaryl/α,β-unsaturated/α-hetero) is 1. The predicted octanol–water partition coefficient (Wildman–Crippen LogP) is 5.18. The molecular formula is C30H43NO7. The Bertz CT molecular complexity index is 1130. The van der Waals surface area contributed by atoms with Crippen molar-refractivity contribution in [3.05, 3.63) is 41.3 Å². The fraction of sp³-hybridized carbons (Fsp3) is 0.633. The summed E-state index contributed by atoms with van der Waals surface area (Å²) in [5, 5.41) is 31.5. The van der Waals surface area contributed by atoms with Crippen LogP contribution in [0.15, 0.2) is 34.3 Å². The van der Waals surface area contributed by atoms with Gasteiger partial charge < -0.3 is 24.5 Å². The van der Waals surface area contributed by atoms with Gasteiger partial charge in [0.1, 0.15) is 24.0 Å². The molecule has 8 heteroatoms. The van der Waals surface area contributed by atoms with E-state index >= 15 is 0 Å². The summed E-state index contributed by atoms with van der Waals surface area (Å²) in [5.41, 5.74) is 1.71. The number of oxazole rings is 1. The number of rotatable bonds is 4. The highest BCUT2D eigenvalue weighted by Gasteiger charge is 2.43. The molecule has 0 spiro atoms. The van der Waals surface area contributed by atoms with Gasteiger partial charge >= 0.3 is 5.97 Å². The number of fused-ring (bicyclic) bond motifs is 1. The van der Waals surface area contributed by atoms with E-state index in [0.29, 0.717) is 23.9 Å². The molecule has 0 saturated heterocycles. The molecule has 38 heavy (non-hydrogen) atoms. The molecule has 2 aromatic rings. The lowest BCUT2D eigenvalue weighted by molar-refractivity contribution is -0.156. The average Bonchev–Trinajstić information content (AvgIpc) is 3.30. The summed E-state index contributed by atoms with van der Waals surface area (Å²) >= 11 is 0. The predicted molar refractivity (Wildman–Crippen MR) is 144 cm³/mol. The Labute approximate surface area is 225 Å². The Balaban J connectivity index is 1.93. The number of ketones is 1. The summed E-state index contributed by atoms with van der Waals surface area (Å²) in [6.07, 6.45) is 3.17. The Hall–Kier alpha value is -2.55. The molecule has 1 aliphatic rings. The van der Waals surface area contributed by atoms with Crippen LogP contribution in [0.2, 0.25) is 0 Å². The number of cyclic esters (lactones) is 1. The molecule has 0 unspecified atom stereocenters. The maximum absolute atomic E-state index is 13.6. The van der Waals surface area contributed by atoms with Gasteiger partial charge in [0, 0.05) is 12.3 Å². The fourth-order valence-electron chi connectivity index (χ4n) is 5.22. The lowest BCUT2D eigenvalue weighted by Crippen LogP contribution is -2.46. The van der Waals surface area contributed by atoms with Crippen molar-refractivity contribution in [2.24, 2.45) is 17.3 Å². The zero-order valence-corrected chi connectivity index (χ0v) is 23.3. The van der Waals surface area contributed by atoms with E-state index in [4.69, 9.17) is 9.15 Å². The number of aromatic nitrogens is 1. The number of carbonyl (C=O) groups excluding carboxylic acids is 2. The number of aliphatic hydroxyl groups excluding tert-OH is 3. The highest BCUT2D eigenvalue weighted by molar-refractivity contribution is 5.88. The van der Waals surface area contributed by atoms with Crippen molar-refractivity contribution < 1.29 is 34.1 Å². The second-order valence-corrected chi connectivity index (χ2v) is 11.3. The summed E-state index contributed by atoms with van der Waals surface area (Å²) in [6, 6.07) is 5.31. The molecule has 0 fully saturated rings. The number of ether oxygens (including phenoxy) is 1. The minimum Gasteiger partial charge on any atom is -0.457 e. The maximum Gasteiger partial charge on any atom is 0.309 e. The zero-order valence-electron chi connectivity index (χ0n) is 23.3. The van der Waals surface area contributed by atoms with Gasteiger partial charge in [-0.25, -0.2) is 4.98 Å². The number of hydrogen-bond donors (Lipinski definition) is 3. The first-order chi connectivity index (χ1) is 18.0. The minimum atomic E-state index is -1.26. The van der Waals surface area contributed by atoms with Gasteiger partial charge in [0.2, 0.25) is 5.89 Å². The topological polar surface area (TPSA) is 130 Å². The molecule has 5 atom stereocenters. The highest BCUT2D eigenvalue weighted by atomic mass is 16.5.